The molecule has 1 amide bonds. The van der Waals surface area contributed by atoms with Gasteiger partial charge in [-0.05, 0) is 48.9 Å². The summed E-state index contributed by atoms with van der Waals surface area (Å²) in [6, 6.07) is 1.96. The molecule has 4 heteroatoms. The van der Waals surface area contributed by atoms with Crippen LogP contribution >= 0.6 is 0 Å². The summed E-state index contributed by atoms with van der Waals surface area (Å²) in [5, 5.41) is 3.01. The molecule has 1 heterocycles. The van der Waals surface area contributed by atoms with Crippen LogP contribution in [0.25, 0.3) is 0 Å². The van der Waals surface area contributed by atoms with Crippen LogP contribution in [0.4, 0.5) is 0 Å². The van der Waals surface area contributed by atoms with Crippen molar-refractivity contribution in [1.82, 2.24) is 10.3 Å². The zero-order chi connectivity index (χ0) is 14.4. The number of pyridine rings is 1. The summed E-state index contributed by atoms with van der Waals surface area (Å²) in [4.78, 5) is 16.3. The van der Waals surface area contributed by atoms with Gasteiger partial charge in [0, 0.05) is 25.4 Å². The second-order valence-corrected chi connectivity index (χ2v) is 6.02. The van der Waals surface area contributed by atoms with Crippen molar-refractivity contribution in [3.8, 4) is 0 Å². The fraction of sp³-hybridized carbons (Fsp3) is 0.625. The third-order valence-electron chi connectivity index (χ3n) is 4.51. The number of nitrogens with zero attached hydrogens (tertiary/aromatic N) is 1. The summed E-state index contributed by atoms with van der Waals surface area (Å²) < 4.78 is 0. The second-order valence-electron chi connectivity index (χ2n) is 6.02. The molecule has 1 aromatic rings. The minimum atomic E-state index is 0.0340. The van der Waals surface area contributed by atoms with Gasteiger partial charge in [-0.25, -0.2) is 0 Å². The lowest BCUT2D eigenvalue weighted by atomic mass is 9.71. The summed E-state index contributed by atoms with van der Waals surface area (Å²) in [6.45, 7) is 3.21. The molecule has 0 bridgehead atoms. The van der Waals surface area contributed by atoms with E-state index in [0.717, 1.165) is 24.0 Å². The highest BCUT2D eigenvalue weighted by Gasteiger charge is 2.32. The Morgan fingerprint density at radius 1 is 1.40 bits per heavy atom. The first-order valence-electron chi connectivity index (χ1n) is 7.51. The molecule has 0 aliphatic heterocycles. The summed E-state index contributed by atoms with van der Waals surface area (Å²) in [7, 11) is 0. The van der Waals surface area contributed by atoms with Crippen molar-refractivity contribution >= 4 is 5.91 Å². The molecule has 20 heavy (non-hydrogen) atoms. The van der Waals surface area contributed by atoms with Crippen molar-refractivity contribution in [1.29, 1.82) is 0 Å². The first-order valence-corrected chi connectivity index (χ1v) is 7.51. The van der Waals surface area contributed by atoms with Gasteiger partial charge in [0.1, 0.15) is 0 Å². The van der Waals surface area contributed by atoms with Gasteiger partial charge in [-0.3, -0.25) is 9.78 Å². The van der Waals surface area contributed by atoms with Crippen LogP contribution in [0.3, 0.4) is 0 Å². The van der Waals surface area contributed by atoms with Gasteiger partial charge in [0.15, 0.2) is 0 Å². The molecule has 0 unspecified atom stereocenters. The molecular weight excluding hydrogens is 250 g/mol. The molecular formula is C16H25N3O. The Kier molecular flexibility index (Phi) is 5.12. The smallest absolute Gasteiger partial charge is 0.220 e. The summed E-state index contributed by atoms with van der Waals surface area (Å²) in [5.74, 6) is 0.112. The molecule has 0 aromatic carbocycles. The first kappa shape index (κ1) is 15.0. The normalized spacial score (nSPS) is 17.7. The van der Waals surface area contributed by atoms with Crippen LogP contribution in [0, 0.1) is 12.3 Å². The number of amides is 1. The number of nitrogens with two attached hydrogens (primary N) is 1. The molecule has 0 spiro atoms. The van der Waals surface area contributed by atoms with Crippen LogP contribution in [0.15, 0.2) is 18.5 Å². The quantitative estimate of drug-likeness (QED) is 0.866. The van der Waals surface area contributed by atoms with Crippen LogP contribution < -0.4 is 11.1 Å². The van der Waals surface area contributed by atoms with Crippen LogP contribution in [-0.2, 0) is 11.3 Å². The molecule has 1 aliphatic rings. The number of nitrogens with one attached hydrogen (secondary N) is 1. The minimum Gasteiger partial charge on any atom is -0.352 e. The van der Waals surface area contributed by atoms with Gasteiger partial charge in [-0.2, -0.15) is 0 Å². The minimum absolute atomic E-state index is 0.0340. The third-order valence-corrected chi connectivity index (χ3v) is 4.51. The van der Waals surface area contributed by atoms with E-state index in [1.165, 1.54) is 19.3 Å². The maximum Gasteiger partial charge on any atom is 0.220 e. The largest absolute Gasteiger partial charge is 0.352 e. The van der Waals surface area contributed by atoms with E-state index in [0.29, 0.717) is 19.5 Å². The predicted octanol–water partition coefficient (Wildman–Crippen LogP) is 2.31. The van der Waals surface area contributed by atoms with E-state index < -0.39 is 0 Å². The molecule has 3 N–H and O–H groups in total. The van der Waals surface area contributed by atoms with E-state index in [9.17, 15) is 4.79 Å². The summed E-state index contributed by atoms with van der Waals surface area (Å²) in [5.41, 5.74) is 8.20. The molecule has 110 valence electrons. The van der Waals surface area contributed by atoms with Crippen LogP contribution in [0.1, 0.15) is 49.7 Å². The standard InChI is InChI=1S/C16H25N3O/c1-13-5-8-18-10-14(13)11-19-15(20)9-16(12-17)6-3-2-4-7-16/h5,8,10H,2-4,6-7,9,11-12,17H2,1H3,(H,19,20). The maximum absolute atomic E-state index is 12.2. The van der Waals surface area contributed by atoms with E-state index in [4.69, 9.17) is 5.73 Å². The molecule has 0 saturated heterocycles. The Bertz CT molecular complexity index is 453. The van der Waals surface area contributed by atoms with Gasteiger partial charge in [0.2, 0.25) is 5.91 Å². The third kappa shape index (κ3) is 3.79. The molecule has 1 aromatic heterocycles. The predicted molar refractivity (Wildman–Crippen MR) is 80.0 cm³/mol. The zero-order valence-corrected chi connectivity index (χ0v) is 12.3. The van der Waals surface area contributed by atoms with Gasteiger partial charge < -0.3 is 11.1 Å². The van der Waals surface area contributed by atoms with Gasteiger partial charge in [0.25, 0.3) is 0 Å². The molecule has 0 atom stereocenters. The van der Waals surface area contributed by atoms with Crippen molar-refractivity contribution in [2.75, 3.05) is 6.54 Å². The van der Waals surface area contributed by atoms with Crippen molar-refractivity contribution in [3.05, 3.63) is 29.6 Å². The van der Waals surface area contributed by atoms with Crippen molar-refractivity contribution in [2.24, 2.45) is 11.1 Å². The Morgan fingerprint density at radius 2 is 2.15 bits per heavy atom. The van der Waals surface area contributed by atoms with Crippen LogP contribution in [0.2, 0.25) is 0 Å². The SMILES string of the molecule is Cc1ccncc1CNC(=O)CC1(CN)CCCCC1. The monoisotopic (exact) mass is 275 g/mol. The summed E-state index contributed by atoms with van der Waals surface area (Å²) >= 11 is 0. The highest BCUT2D eigenvalue weighted by molar-refractivity contribution is 5.76. The fourth-order valence-corrected chi connectivity index (χ4v) is 3.03. The Hall–Kier alpha value is -1.42. The van der Waals surface area contributed by atoms with Crippen molar-refractivity contribution < 1.29 is 4.79 Å². The number of aromatic nitrogens is 1. The average Bonchev–Trinajstić information content (AvgIpc) is 2.47. The zero-order valence-electron chi connectivity index (χ0n) is 12.3. The highest BCUT2D eigenvalue weighted by Crippen LogP contribution is 2.38. The lowest BCUT2D eigenvalue weighted by Gasteiger charge is -2.35. The number of hydrogen-bond acceptors (Lipinski definition) is 3. The van der Waals surface area contributed by atoms with Crippen molar-refractivity contribution in [2.45, 2.75) is 52.0 Å². The molecule has 1 fully saturated rings. The number of rotatable bonds is 5. The molecule has 0 radical (unpaired) electrons. The summed E-state index contributed by atoms with van der Waals surface area (Å²) in [6.07, 6.45) is 9.99. The second kappa shape index (κ2) is 6.84. The molecule has 2 rings (SSSR count). The maximum atomic E-state index is 12.2. The van der Waals surface area contributed by atoms with Crippen LogP contribution in [-0.4, -0.2) is 17.4 Å². The Labute approximate surface area is 121 Å². The fourth-order valence-electron chi connectivity index (χ4n) is 3.03. The molecule has 4 nitrogen and oxygen atoms in total. The van der Waals surface area contributed by atoms with Gasteiger partial charge in [-0.15, -0.1) is 0 Å². The van der Waals surface area contributed by atoms with E-state index in [-0.39, 0.29) is 11.3 Å². The molecule has 1 saturated carbocycles. The van der Waals surface area contributed by atoms with E-state index in [2.05, 4.69) is 10.3 Å². The lowest BCUT2D eigenvalue weighted by molar-refractivity contribution is -0.124. The van der Waals surface area contributed by atoms with Gasteiger partial charge in [-0.1, -0.05) is 19.3 Å². The Balaban J connectivity index is 1.87. The number of aryl methyl sites for hydroxylation is 1. The van der Waals surface area contributed by atoms with Crippen LogP contribution in [0.5, 0.6) is 0 Å². The van der Waals surface area contributed by atoms with Gasteiger partial charge >= 0.3 is 0 Å². The number of hydrogen-bond donors (Lipinski definition) is 2. The van der Waals surface area contributed by atoms with E-state index in [1.807, 2.05) is 19.2 Å². The molecule has 1 aliphatic carbocycles. The topological polar surface area (TPSA) is 68.0 Å². The lowest BCUT2D eigenvalue weighted by Crippen LogP contribution is -2.38. The first-order chi connectivity index (χ1) is 9.65. The highest BCUT2D eigenvalue weighted by atomic mass is 16.1. The van der Waals surface area contributed by atoms with E-state index >= 15 is 0 Å². The number of carbonyl (C=O) groups excluding carboxylic acids is 1. The number of carbonyl (C=O) groups is 1. The average molecular weight is 275 g/mol. The Morgan fingerprint density at radius 3 is 2.80 bits per heavy atom. The van der Waals surface area contributed by atoms with E-state index in [1.54, 1.807) is 6.20 Å². The van der Waals surface area contributed by atoms with Gasteiger partial charge in [0.05, 0.1) is 0 Å². The van der Waals surface area contributed by atoms with Crippen molar-refractivity contribution in [3.63, 3.8) is 0 Å².